The first-order valence-electron chi connectivity index (χ1n) is 3.15. The molecule has 3 heteroatoms. The van der Waals surface area contributed by atoms with Gasteiger partial charge in [-0.25, -0.2) is 0 Å². The topological polar surface area (TPSA) is 17.1 Å². The summed E-state index contributed by atoms with van der Waals surface area (Å²) in [5, 5.41) is 2.02. The predicted octanol–water partition coefficient (Wildman–Crippen LogP) is 2.08. The number of hydrogen-bond acceptors (Lipinski definition) is 2. The van der Waals surface area contributed by atoms with Gasteiger partial charge in [0.05, 0.1) is 0 Å². The van der Waals surface area contributed by atoms with Crippen molar-refractivity contribution in [3.05, 3.63) is 28.8 Å². The SMILES string of the molecule is CC(=O)[CH-]Cc1cccs1.[Y]. The van der Waals surface area contributed by atoms with Gasteiger partial charge in [0, 0.05) is 32.7 Å². The molecular weight excluding hydrogens is 233 g/mol. The van der Waals surface area contributed by atoms with Gasteiger partial charge in [0.15, 0.2) is 0 Å². The Morgan fingerprint density at radius 2 is 2.45 bits per heavy atom. The fourth-order valence-corrected chi connectivity index (χ4v) is 1.34. The molecule has 0 saturated carbocycles. The third kappa shape index (κ3) is 4.73. The van der Waals surface area contributed by atoms with Crippen molar-refractivity contribution in [2.45, 2.75) is 13.3 Å². The zero-order valence-electron chi connectivity index (χ0n) is 6.41. The second kappa shape index (κ2) is 5.93. The van der Waals surface area contributed by atoms with E-state index in [-0.39, 0.29) is 38.5 Å². The van der Waals surface area contributed by atoms with Gasteiger partial charge in [-0.3, -0.25) is 0 Å². The molecule has 0 aliphatic carbocycles. The van der Waals surface area contributed by atoms with Crippen molar-refractivity contribution in [2.75, 3.05) is 0 Å². The summed E-state index contributed by atoms with van der Waals surface area (Å²) in [6.45, 7) is 1.58. The van der Waals surface area contributed by atoms with Crippen LogP contribution in [0.5, 0.6) is 0 Å². The molecule has 0 fully saturated rings. The van der Waals surface area contributed by atoms with Crippen molar-refractivity contribution < 1.29 is 37.5 Å². The van der Waals surface area contributed by atoms with E-state index in [0.29, 0.717) is 0 Å². The second-order valence-electron chi connectivity index (χ2n) is 2.10. The molecule has 57 valence electrons. The van der Waals surface area contributed by atoms with E-state index in [1.54, 1.807) is 24.7 Å². The molecule has 0 aliphatic rings. The van der Waals surface area contributed by atoms with Crippen LogP contribution in [0.3, 0.4) is 0 Å². The van der Waals surface area contributed by atoms with Crippen LogP contribution >= 0.6 is 11.3 Å². The Bertz CT molecular complexity index is 206. The fraction of sp³-hybridized carbons (Fsp3) is 0.250. The van der Waals surface area contributed by atoms with Crippen LogP contribution in [0.4, 0.5) is 0 Å². The third-order valence-electron chi connectivity index (χ3n) is 1.17. The molecule has 1 aromatic rings. The number of rotatable bonds is 3. The van der Waals surface area contributed by atoms with E-state index in [2.05, 4.69) is 0 Å². The predicted molar refractivity (Wildman–Crippen MR) is 43.0 cm³/mol. The Kier molecular flexibility index (Phi) is 6.11. The first-order chi connectivity index (χ1) is 4.79. The average Bonchev–Trinajstić information content (AvgIpc) is 2.34. The molecule has 0 unspecified atom stereocenters. The second-order valence-corrected chi connectivity index (χ2v) is 3.13. The number of ketones is 1. The summed E-state index contributed by atoms with van der Waals surface area (Å²) >= 11 is 1.68. The van der Waals surface area contributed by atoms with E-state index in [1.165, 1.54) is 4.88 Å². The summed E-state index contributed by atoms with van der Waals surface area (Å²) in [6.07, 6.45) is 2.48. The Balaban J connectivity index is 0.000001000. The van der Waals surface area contributed by atoms with E-state index in [4.69, 9.17) is 0 Å². The van der Waals surface area contributed by atoms with Crippen LogP contribution < -0.4 is 0 Å². The van der Waals surface area contributed by atoms with E-state index >= 15 is 0 Å². The van der Waals surface area contributed by atoms with Crippen molar-refractivity contribution in [1.82, 2.24) is 0 Å². The molecule has 1 aromatic heterocycles. The van der Waals surface area contributed by atoms with Crippen molar-refractivity contribution in [3.63, 3.8) is 0 Å². The average molecular weight is 242 g/mol. The molecule has 1 rings (SSSR count). The maximum atomic E-state index is 10.5. The molecule has 0 amide bonds. The molecule has 1 nitrogen and oxygen atoms in total. The third-order valence-corrected chi connectivity index (χ3v) is 2.07. The summed E-state index contributed by atoms with van der Waals surface area (Å²) in [7, 11) is 0. The number of hydrogen-bond donors (Lipinski definition) is 0. The maximum absolute atomic E-state index is 10.5. The summed E-state index contributed by atoms with van der Waals surface area (Å²) in [5.74, 6) is 0.147. The first-order valence-corrected chi connectivity index (χ1v) is 4.03. The van der Waals surface area contributed by atoms with Gasteiger partial charge in [0.2, 0.25) is 0 Å². The van der Waals surface area contributed by atoms with Crippen molar-refractivity contribution in [2.24, 2.45) is 0 Å². The minimum atomic E-state index is 0. The molecule has 0 N–H and O–H groups in total. The van der Waals surface area contributed by atoms with Crippen LogP contribution in [0.2, 0.25) is 0 Å². The zero-order chi connectivity index (χ0) is 7.40. The smallest absolute Gasteiger partial charge is 0 e. The molecule has 11 heavy (non-hydrogen) atoms. The van der Waals surface area contributed by atoms with E-state index in [0.717, 1.165) is 6.42 Å². The van der Waals surface area contributed by atoms with Gasteiger partial charge in [-0.2, -0.15) is 11.3 Å². The van der Waals surface area contributed by atoms with Gasteiger partial charge < -0.3 is 11.2 Å². The van der Waals surface area contributed by atoms with Crippen molar-refractivity contribution in [1.29, 1.82) is 0 Å². The molecule has 0 aliphatic heterocycles. The minimum absolute atomic E-state index is 0. The maximum Gasteiger partial charge on any atom is 0 e. The van der Waals surface area contributed by atoms with Crippen LogP contribution in [-0.2, 0) is 43.9 Å². The Morgan fingerprint density at radius 3 is 2.91 bits per heavy atom. The van der Waals surface area contributed by atoms with Gasteiger partial charge in [-0.05, 0) is 23.0 Å². The standard InChI is InChI=1S/C8H9OS.Y/c1-7(9)4-5-8-3-2-6-10-8;/h2-4,6H,5H2,1H3;/q-1;. The van der Waals surface area contributed by atoms with Crippen LogP contribution in [0, 0.1) is 6.42 Å². The van der Waals surface area contributed by atoms with Crippen LogP contribution in [0.15, 0.2) is 17.5 Å². The van der Waals surface area contributed by atoms with E-state index in [1.807, 2.05) is 17.5 Å². The molecule has 0 spiro atoms. The van der Waals surface area contributed by atoms with Gasteiger partial charge in [0.25, 0.3) is 0 Å². The van der Waals surface area contributed by atoms with Crippen LogP contribution in [0.25, 0.3) is 0 Å². The summed E-state index contributed by atoms with van der Waals surface area (Å²) in [4.78, 5) is 11.7. The number of Topliss-reactive ketones (excluding diaryl/α,β-unsaturated/α-hetero) is 1. The Hall–Kier alpha value is 0.344. The van der Waals surface area contributed by atoms with Gasteiger partial charge in [0.1, 0.15) is 0 Å². The summed E-state index contributed by atoms with van der Waals surface area (Å²) < 4.78 is 0. The Labute approximate surface area is 96.1 Å². The largest absolute Gasteiger partial charge is 0.335 e. The van der Waals surface area contributed by atoms with Gasteiger partial charge in [-0.15, -0.1) is 6.42 Å². The van der Waals surface area contributed by atoms with E-state index in [9.17, 15) is 4.79 Å². The van der Waals surface area contributed by atoms with Crippen molar-refractivity contribution in [3.8, 4) is 0 Å². The molecule has 1 radical (unpaired) electrons. The monoisotopic (exact) mass is 242 g/mol. The molecule has 0 saturated heterocycles. The summed E-state index contributed by atoms with van der Waals surface area (Å²) in [6, 6.07) is 4.03. The van der Waals surface area contributed by atoms with Crippen LogP contribution in [-0.4, -0.2) is 5.78 Å². The normalized spacial score (nSPS) is 8.45. The van der Waals surface area contributed by atoms with Gasteiger partial charge in [-0.1, -0.05) is 12.1 Å². The summed E-state index contributed by atoms with van der Waals surface area (Å²) in [5.41, 5.74) is 0. The molecule has 0 atom stereocenters. The molecular formula is C8H9OSY-. The molecule has 0 aromatic carbocycles. The fourth-order valence-electron chi connectivity index (χ4n) is 0.673. The first kappa shape index (κ1) is 11.3. The Morgan fingerprint density at radius 1 is 1.73 bits per heavy atom. The van der Waals surface area contributed by atoms with Gasteiger partial charge >= 0.3 is 0 Å². The number of thiophene rings is 1. The van der Waals surface area contributed by atoms with E-state index < -0.39 is 0 Å². The van der Waals surface area contributed by atoms with Crippen LogP contribution in [0.1, 0.15) is 11.8 Å². The zero-order valence-corrected chi connectivity index (χ0v) is 10.1. The number of carbonyl (C=O) groups is 1. The van der Waals surface area contributed by atoms with Crippen molar-refractivity contribution >= 4 is 17.1 Å². The molecule has 1 heterocycles. The quantitative estimate of drug-likeness (QED) is 0.741. The number of carbonyl (C=O) groups excluding carboxylic acids is 1. The molecule has 0 bridgehead atoms. The minimum Gasteiger partial charge on any atom is -0.335 e.